The van der Waals surface area contributed by atoms with Gasteiger partial charge in [0.2, 0.25) is 0 Å². The van der Waals surface area contributed by atoms with E-state index in [9.17, 15) is 4.79 Å². The highest BCUT2D eigenvalue weighted by Gasteiger charge is 2.25. The van der Waals surface area contributed by atoms with Crippen LogP contribution in [0.1, 0.15) is 99.5 Å². The predicted octanol–water partition coefficient (Wildman–Crippen LogP) is 4.95. The number of carbonyl (C=O) groups is 1. The van der Waals surface area contributed by atoms with E-state index in [2.05, 4.69) is 11.1 Å². The van der Waals surface area contributed by atoms with Crippen LogP contribution >= 0.6 is 0 Å². The molecule has 1 unspecified atom stereocenters. The topological polar surface area (TPSA) is 77.1 Å². The van der Waals surface area contributed by atoms with Crippen molar-refractivity contribution in [1.29, 1.82) is 5.26 Å². The molecule has 1 aromatic heterocycles. The Morgan fingerprint density at radius 2 is 1.93 bits per heavy atom. The van der Waals surface area contributed by atoms with E-state index in [1.807, 2.05) is 4.57 Å². The number of esters is 1. The Balaban J connectivity index is 1.75. The maximum Gasteiger partial charge on any atom is 0.356 e. The van der Waals surface area contributed by atoms with Crippen molar-refractivity contribution in [2.45, 2.75) is 89.7 Å². The molecule has 1 saturated heterocycles. The second-order valence-electron chi connectivity index (χ2n) is 7.25. The first kappa shape index (κ1) is 21.4. The number of hydrogen-bond donors (Lipinski definition) is 0. The van der Waals surface area contributed by atoms with Crippen LogP contribution in [-0.2, 0) is 15.9 Å². The number of carbonyl (C=O) groups excluding carboxylic acids is 1. The molecule has 0 aliphatic carbocycles. The van der Waals surface area contributed by atoms with E-state index in [0.717, 1.165) is 63.7 Å². The van der Waals surface area contributed by atoms with Crippen molar-refractivity contribution in [2.75, 3.05) is 13.7 Å². The Morgan fingerprint density at radius 3 is 2.56 bits per heavy atom. The number of unbranched alkanes of at least 4 members (excludes halogenated alkanes) is 8. The van der Waals surface area contributed by atoms with Gasteiger partial charge in [0.15, 0.2) is 5.69 Å². The van der Waals surface area contributed by atoms with Gasteiger partial charge in [-0.05, 0) is 38.5 Å². The molecule has 0 N–H and O–H groups in total. The normalized spacial score (nSPS) is 16.8. The second-order valence-corrected chi connectivity index (χ2v) is 7.25. The van der Waals surface area contributed by atoms with Crippen molar-refractivity contribution in [3.05, 3.63) is 17.7 Å². The number of imidazole rings is 1. The van der Waals surface area contributed by atoms with Gasteiger partial charge in [0.05, 0.1) is 25.2 Å². The van der Waals surface area contributed by atoms with E-state index in [4.69, 9.17) is 14.7 Å². The number of aryl methyl sites for hydroxylation is 1. The number of aromatic nitrogens is 2. The van der Waals surface area contributed by atoms with Crippen LogP contribution in [0, 0.1) is 11.3 Å². The fraction of sp³-hybridized carbons (Fsp3) is 0.762. The highest BCUT2D eigenvalue weighted by atomic mass is 16.5. The van der Waals surface area contributed by atoms with Gasteiger partial charge in [-0.2, -0.15) is 5.26 Å². The van der Waals surface area contributed by atoms with Gasteiger partial charge in [-0.3, -0.25) is 4.57 Å². The monoisotopic (exact) mass is 375 g/mol. The first-order valence-electron chi connectivity index (χ1n) is 10.4. The number of hydrogen-bond acceptors (Lipinski definition) is 5. The van der Waals surface area contributed by atoms with Gasteiger partial charge in [0.25, 0.3) is 0 Å². The summed E-state index contributed by atoms with van der Waals surface area (Å²) in [5.41, 5.74) is 1.38. The maximum atomic E-state index is 12.3. The van der Waals surface area contributed by atoms with E-state index in [1.165, 1.54) is 32.8 Å². The Hall–Kier alpha value is -1.87. The van der Waals surface area contributed by atoms with Crippen molar-refractivity contribution in [1.82, 2.24) is 9.55 Å². The summed E-state index contributed by atoms with van der Waals surface area (Å²) in [4.78, 5) is 16.8. The molecule has 1 aliphatic rings. The van der Waals surface area contributed by atoms with Crippen molar-refractivity contribution in [2.24, 2.45) is 0 Å². The predicted molar refractivity (Wildman–Crippen MR) is 103 cm³/mol. The average molecular weight is 376 g/mol. The molecule has 1 aliphatic heterocycles. The van der Waals surface area contributed by atoms with Crippen LogP contribution in [0.2, 0.25) is 0 Å². The molecule has 0 spiro atoms. The molecule has 1 aromatic rings. The molecule has 150 valence electrons. The number of ether oxygens (including phenoxy) is 2. The van der Waals surface area contributed by atoms with Gasteiger partial charge in [-0.15, -0.1) is 0 Å². The summed E-state index contributed by atoms with van der Waals surface area (Å²) in [6.45, 7) is 0.731. The number of methoxy groups -OCH3 is 1. The minimum atomic E-state index is -0.325. The van der Waals surface area contributed by atoms with Gasteiger partial charge < -0.3 is 9.47 Å². The lowest BCUT2D eigenvalue weighted by Crippen LogP contribution is -2.22. The van der Waals surface area contributed by atoms with Crippen LogP contribution in [0.5, 0.6) is 0 Å². The molecule has 1 atom stereocenters. The molecule has 2 rings (SSSR count). The molecule has 27 heavy (non-hydrogen) atoms. The maximum absolute atomic E-state index is 12.3. The van der Waals surface area contributed by atoms with Gasteiger partial charge in [0, 0.05) is 13.0 Å². The SMILES string of the molecule is COC(=O)c1c(CCCCCCCCCCC#N)ncn1C1CCCCO1. The van der Waals surface area contributed by atoms with E-state index in [1.54, 1.807) is 6.33 Å². The first-order valence-corrected chi connectivity index (χ1v) is 10.4. The Bertz CT molecular complexity index is 600. The smallest absolute Gasteiger partial charge is 0.356 e. The molecule has 1 fully saturated rings. The molecule has 0 saturated carbocycles. The van der Waals surface area contributed by atoms with Crippen LogP contribution in [0.15, 0.2) is 6.33 Å². The largest absolute Gasteiger partial charge is 0.464 e. The quantitative estimate of drug-likeness (QED) is 0.382. The van der Waals surface area contributed by atoms with Gasteiger partial charge >= 0.3 is 5.97 Å². The summed E-state index contributed by atoms with van der Waals surface area (Å²) in [6.07, 6.45) is 15.5. The summed E-state index contributed by atoms with van der Waals surface area (Å²) in [5, 5.41) is 8.51. The fourth-order valence-electron chi connectivity index (χ4n) is 3.62. The second kappa shape index (κ2) is 12.5. The standard InChI is InChI=1S/C21H33N3O3/c1-26-21(25)20-18(23-17-24(20)19-14-10-12-16-27-19)13-9-7-5-3-2-4-6-8-11-15-22/h17,19H,2-14,16H2,1H3. The highest BCUT2D eigenvalue weighted by Crippen LogP contribution is 2.26. The summed E-state index contributed by atoms with van der Waals surface area (Å²) in [5.74, 6) is -0.325. The van der Waals surface area contributed by atoms with Crippen LogP contribution < -0.4 is 0 Å². The zero-order chi connectivity index (χ0) is 19.3. The fourth-order valence-corrected chi connectivity index (χ4v) is 3.62. The third-order valence-corrected chi connectivity index (χ3v) is 5.17. The molecular formula is C21H33N3O3. The molecule has 2 heterocycles. The molecule has 0 amide bonds. The van der Waals surface area contributed by atoms with Gasteiger partial charge in [-0.25, -0.2) is 9.78 Å². The van der Waals surface area contributed by atoms with Crippen molar-refractivity contribution in [3.63, 3.8) is 0 Å². The van der Waals surface area contributed by atoms with Gasteiger partial charge in [0.1, 0.15) is 6.23 Å². The summed E-state index contributed by atoms with van der Waals surface area (Å²) >= 11 is 0. The van der Waals surface area contributed by atoms with Crippen LogP contribution in [-0.4, -0.2) is 29.2 Å². The number of rotatable bonds is 12. The lowest BCUT2D eigenvalue weighted by Gasteiger charge is -2.24. The minimum absolute atomic E-state index is 0.102. The molecule has 6 nitrogen and oxygen atoms in total. The minimum Gasteiger partial charge on any atom is -0.464 e. The highest BCUT2D eigenvalue weighted by molar-refractivity contribution is 5.88. The third-order valence-electron chi connectivity index (χ3n) is 5.17. The number of nitrogens with zero attached hydrogens (tertiary/aromatic N) is 3. The zero-order valence-electron chi connectivity index (χ0n) is 16.6. The summed E-state index contributed by atoms with van der Waals surface area (Å²) in [6, 6.07) is 2.19. The van der Waals surface area contributed by atoms with Crippen molar-refractivity contribution in [3.8, 4) is 6.07 Å². The molecule has 0 radical (unpaired) electrons. The summed E-state index contributed by atoms with van der Waals surface area (Å²) in [7, 11) is 1.42. The first-order chi connectivity index (χ1) is 13.3. The third kappa shape index (κ3) is 6.99. The number of nitriles is 1. The Labute approximate surface area is 162 Å². The van der Waals surface area contributed by atoms with E-state index >= 15 is 0 Å². The van der Waals surface area contributed by atoms with E-state index < -0.39 is 0 Å². The van der Waals surface area contributed by atoms with E-state index in [0.29, 0.717) is 12.1 Å². The van der Waals surface area contributed by atoms with Crippen molar-refractivity contribution >= 4 is 5.97 Å². The lowest BCUT2D eigenvalue weighted by atomic mass is 10.1. The van der Waals surface area contributed by atoms with E-state index in [-0.39, 0.29) is 12.2 Å². The molecule has 0 bridgehead atoms. The zero-order valence-corrected chi connectivity index (χ0v) is 16.6. The average Bonchev–Trinajstić information content (AvgIpc) is 3.13. The summed E-state index contributed by atoms with van der Waals surface area (Å²) < 4.78 is 12.7. The van der Waals surface area contributed by atoms with Crippen LogP contribution in [0.3, 0.4) is 0 Å². The van der Waals surface area contributed by atoms with Crippen LogP contribution in [0.25, 0.3) is 0 Å². The van der Waals surface area contributed by atoms with Crippen LogP contribution in [0.4, 0.5) is 0 Å². The molecular weight excluding hydrogens is 342 g/mol. The Kier molecular flexibility index (Phi) is 9.93. The van der Waals surface area contributed by atoms with Gasteiger partial charge in [-0.1, -0.05) is 38.5 Å². The lowest BCUT2D eigenvalue weighted by molar-refractivity contribution is -0.0340. The molecule has 6 heteroatoms. The molecule has 0 aromatic carbocycles. The van der Waals surface area contributed by atoms with Crippen molar-refractivity contribution < 1.29 is 14.3 Å². The Morgan fingerprint density at radius 1 is 1.22 bits per heavy atom.